The maximum atomic E-state index is 13.4. The van der Waals surface area contributed by atoms with Crippen molar-refractivity contribution in [3.8, 4) is 0 Å². The van der Waals surface area contributed by atoms with Gasteiger partial charge in [-0.25, -0.2) is 4.39 Å². The van der Waals surface area contributed by atoms with E-state index in [9.17, 15) is 22.9 Å². The van der Waals surface area contributed by atoms with Gasteiger partial charge in [0.15, 0.2) is 0 Å². The minimum Gasteiger partial charge on any atom is -0.365 e. The predicted octanol–water partition coefficient (Wildman–Crippen LogP) is 1.11. The zero-order valence-electron chi connectivity index (χ0n) is 8.21. The first kappa shape index (κ1) is 11.2. The summed E-state index contributed by atoms with van der Waals surface area (Å²) in [5.41, 5.74) is 1.67. The predicted molar refractivity (Wildman–Crippen MR) is 53.1 cm³/mol. The molecule has 4 nitrogen and oxygen atoms in total. The number of halogens is 3. The van der Waals surface area contributed by atoms with E-state index in [4.69, 9.17) is 5.73 Å². The highest BCUT2D eigenvalue weighted by atomic mass is 19.2. The number of amides is 1. The van der Waals surface area contributed by atoms with Crippen LogP contribution in [0.3, 0.4) is 0 Å². The Morgan fingerprint density at radius 1 is 1.29 bits per heavy atom. The summed E-state index contributed by atoms with van der Waals surface area (Å²) in [6.45, 7) is 0. The van der Waals surface area contributed by atoms with Crippen LogP contribution in [0.1, 0.15) is 10.4 Å². The number of carbonyl (C=O) groups is 1. The van der Waals surface area contributed by atoms with Crippen LogP contribution in [-0.2, 0) is 0 Å². The van der Waals surface area contributed by atoms with Gasteiger partial charge in [-0.3, -0.25) is 9.59 Å². The van der Waals surface area contributed by atoms with Gasteiger partial charge in [-0.05, 0) is 12.1 Å². The standard InChI is InChI=1S/C10H5F3N2O2/c11-4-2-1-3-5-6(4)8(16)7(10(14)17)9(12)15(5)13/h1-3H,(H2,14,17). The molecule has 0 aliphatic carbocycles. The summed E-state index contributed by atoms with van der Waals surface area (Å²) in [6, 6.07) is 3.01. The van der Waals surface area contributed by atoms with Crippen LogP contribution in [0, 0.1) is 11.8 Å². The number of nitrogens with zero attached hydrogens (tertiary/aromatic N) is 1. The second-order valence-corrected chi connectivity index (χ2v) is 3.27. The topological polar surface area (TPSA) is 65.1 Å². The molecule has 0 saturated heterocycles. The third kappa shape index (κ3) is 1.47. The van der Waals surface area contributed by atoms with E-state index >= 15 is 0 Å². The fourth-order valence-corrected chi connectivity index (χ4v) is 1.54. The van der Waals surface area contributed by atoms with Crippen molar-refractivity contribution in [1.82, 2.24) is 4.79 Å². The molecule has 88 valence electrons. The van der Waals surface area contributed by atoms with Crippen LogP contribution in [0.2, 0.25) is 0 Å². The summed E-state index contributed by atoms with van der Waals surface area (Å²) >= 11 is 0. The highest BCUT2D eigenvalue weighted by Crippen LogP contribution is 2.17. The van der Waals surface area contributed by atoms with E-state index in [1.54, 1.807) is 0 Å². The van der Waals surface area contributed by atoms with Crippen molar-refractivity contribution in [1.29, 1.82) is 0 Å². The first-order valence-electron chi connectivity index (χ1n) is 4.44. The zero-order chi connectivity index (χ0) is 12.7. The summed E-state index contributed by atoms with van der Waals surface area (Å²) < 4.78 is 40.1. The molecular weight excluding hydrogens is 237 g/mol. The molecule has 0 unspecified atom stereocenters. The van der Waals surface area contributed by atoms with Crippen molar-refractivity contribution in [2.75, 3.05) is 0 Å². The molecule has 0 radical (unpaired) electrons. The lowest BCUT2D eigenvalue weighted by Crippen LogP contribution is -2.27. The Kier molecular flexibility index (Phi) is 2.38. The Morgan fingerprint density at radius 3 is 2.53 bits per heavy atom. The van der Waals surface area contributed by atoms with Crippen molar-refractivity contribution in [3.63, 3.8) is 0 Å². The minimum atomic E-state index is -1.74. The van der Waals surface area contributed by atoms with E-state index in [1.807, 2.05) is 0 Å². The quantitative estimate of drug-likeness (QED) is 0.761. The molecule has 1 aromatic carbocycles. The van der Waals surface area contributed by atoms with E-state index in [2.05, 4.69) is 0 Å². The Morgan fingerprint density at radius 2 is 1.94 bits per heavy atom. The van der Waals surface area contributed by atoms with E-state index in [-0.39, 0.29) is 0 Å². The summed E-state index contributed by atoms with van der Waals surface area (Å²) in [7, 11) is 0. The number of rotatable bonds is 1. The van der Waals surface area contributed by atoms with Gasteiger partial charge in [-0.1, -0.05) is 10.5 Å². The maximum Gasteiger partial charge on any atom is 0.257 e. The molecule has 1 aromatic heterocycles. The van der Waals surface area contributed by atoms with Crippen molar-refractivity contribution in [2.45, 2.75) is 0 Å². The highest BCUT2D eigenvalue weighted by molar-refractivity contribution is 5.96. The molecule has 0 aliphatic heterocycles. The second kappa shape index (κ2) is 3.62. The number of carbonyl (C=O) groups excluding carboxylic acids is 1. The van der Waals surface area contributed by atoms with Gasteiger partial charge >= 0.3 is 0 Å². The summed E-state index contributed by atoms with van der Waals surface area (Å²) in [6.07, 6.45) is 0. The number of fused-ring (bicyclic) bond motifs is 1. The van der Waals surface area contributed by atoms with Gasteiger partial charge in [-0.2, -0.15) is 4.39 Å². The van der Waals surface area contributed by atoms with Gasteiger partial charge < -0.3 is 5.73 Å². The van der Waals surface area contributed by atoms with Crippen LogP contribution < -0.4 is 11.2 Å². The maximum absolute atomic E-state index is 13.4. The van der Waals surface area contributed by atoms with Crippen LogP contribution >= 0.6 is 0 Å². The van der Waals surface area contributed by atoms with Gasteiger partial charge in [0.2, 0.25) is 11.4 Å². The van der Waals surface area contributed by atoms with Crippen LogP contribution in [0.4, 0.5) is 13.3 Å². The van der Waals surface area contributed by atoms with Gasteiger partial charge in [-0.15, -0.1) is 4.79 Å². The molecular formula is C10H5F3N2O2. The third-order valence-corrected chi connectivity index (χ3v) is 2.28. The van der Waals surface area contributed by atoms with Crippen molar-refractivity contribution >= 4 is 16.8 Å². The number of hydrogen-bond acceptors (Lipinski definition) is 2. The SMILES string of the molecule is NC(=O)c1c(F)n(F)c2cccc(F)c2c1=O. The monoisotopic (exact) mass is 242 g/mol. The molecule has 17 heavy (non-hydrogen) atoms. The molecule has 0 spiro atoms. The fourth-order valence-electron chi connectivity index (χ4n) is 1.54. The summed E-state index contributed by atoms with van der Waals surface area (Å²) in [5.74, 6) is -4.24. The lowest BCUT2D eigenvalue weighted by Gasteiger charge is -2.06. The van der Waals surface area contributed by atoms with Gasteiger partial charge in [0.1, 0.15) is 11.4 Å². The Hall–Kier alpha value is -2.31. The second-order valence-electron chi connectivity index (χ2n) is 3.27. The Balaban J connectivity index is 3.13. The van der Waals surface area contributed by atoms with E-state index in [0.717, 1.165) is 18.2 Å². The number of primary amides is 1. The fraction of sp³-hybridized carbons (Fsp3) is 0. The molecule has 7 heteroatoms. The molecule has 0 saturated carbocycles. The van der Waals surface area contributed by atoms with E-state index in [1.165, 1.54) is 0 Å². The van der Waals surface area contributed by atoms with Crippen molar-refractivity contribution in [3.05, 3.63) is 45.8 Å². The first-order chi connectivity index (χ1) is 7.95. The molecule has 2 rings (SSSR count). The normalized spacial score (nSPS) is 10.8. The molecule has 0 bridgehead atoms. The van der Waals surface area contributed by atoms with Crippen LogP contribution in [0.25, 0.3) is 10.9 Å². The largest absolute Gasteiger partial charge is 0.365 e. The van der Waals surface area contributed by atoms with Crippen molar-refractivity contribution in [2.24, 2.45) is 5.73 Å². The average Bonchev–Trinajstić information content (AvgIpc) is 2.25. The lowest BCUT2D eigenvalue weighted by atomic mass is 10.1. The summed E-state index contributed by atoms with van der Waals surface area (Å²) in [4.78, 5) is 21.8. The number of hydrogen-bond donors (Lipinski definition) is 1. The van der Waals surface area contributed by atoms with Gasteiger partial charge in [0, 0.05) is 0 Å². The molecule has 2 N–H and O–H groups in total. The van der Waals surface area contributed by atoms with Crippen LogP contribution in [-0.4, -0.2) is 10.7 Å². The van der Waals surface area contributed by atoms with E-state index in [0.29, 0.717) is 0 Å². The molecule has 0 atom stereocenters. The minimum absolute atomic E-state index is 0.583. The van der Waals surface area contributed by atoms with Gasteiger partial charge in [0.25, 0.3) is 5.91 Å². The average molecular weight is 242 g/mol. The smallest absolute Gasteiger partial charge is 0.257 e. The Bertz CT molecular complexity index is 694. The Labute approximate surface area is 92.0 Å². The number of nitrogens with two attached hydrogens (primary N) is 1. The van der Waals surface area contributed by atoms with Crippen LogP contribution in [0.5, 0.6) is 0 Å². The molecule has 1 heterocycles. The van der Waals surface area contributed by atoms with Gasteiger partial charge in [0.05, 0.1) is 10.9 Å². The molecule has 2 aromatic rings. The van der Waals surface area contributed by atoms with Crippen LogP contribution in [0.15, 0.2) is 23.0 Å². The zero-order valence-corrected chi connectivity index (χ0v) is 8.21. The lowest BCUT2D eigenvalue weighted by molar-refractivity contribution is 0.0991. The number of pyridine rings is 1. The summed E-state index contributed by atoms with van der Waals surface area (Å²) in [5, 5.41) is -0.717. The molecule has 1 amide bonds. The first-order valence-corrected chi connectivity index (χ1v) is 4.44. The highest BCUT2D eigenvalue weighted by Gasteiger charge is 2.22. The van der Waals surface area contributed by atoms with Crippen molar-refractivity contribution < 1.29 is 18.1 Å². The third-order valence-electron chi connectivity index (χ3n) is 2.28. The molecule has 0 aliphatic rings. The number of aromatic nitrogens is 1. The van der Waals surface area contributed by atoms with E-state index < -0.39 is 44.4 Å². The number of benzene rings is 1. The molecule has 0 fully saturated rings.